The molecule has 0 saturated carbocycles. The standard InChI is InChI=1S/C30H38O10S2/c31-23-7-5-17(11-25(23)33)3-1-9-41-15-21(29(35)36)19-13-39-28-20(14-40-27(19)28)22(30(37)38)16-42-10-2-4-18-6-8-24(32)26(34)12-18/h5-8,11-12,19-22,27-28,31-34H,1-4,9-10,13-16H2,(H,35,36)(H,37,38). The summed E-state index contributed by atoms with van der Waals surface area (Å²) in [6.45, 7) is 0.435. The highest BCUT2D eigenvalue weighted by Gasteiger charge is 2.54. The minimum atomic E-state index is -0.917. The molecule has 2 saturated heterocycles. The van der Waals surface area contributed by atoms with Gasteiger partial charge in [-0.05, 0) is 72.6 Å². The summed E-state index contributed by atoms with van der Waals surface area (Å²) >= 11 is 3.07. The molecule has 0 aromatic heterocycles. The van der Waals surface area contributed by atoms with Crippen LogP contribution in [0.3, 0.4) is 0 Å². The Balaban J connectivity index is 1.23. The predicted octanol–water partition coefficient (Wildman–Crippen LogP) is 3.97. The molecule has 0 aliphatic carbocycles. The first-order chi connectivity index (χ1) is 20.2. The summed E-state index contributed by atoms with van der Waals surface area (Å²) < 4.78 is 12.0. The Hall–Kier alpha value is -2.80. The zero-order valence-corrected chi connectivity index (χ0v) is 24.8. The number of ether oxygens (including phenoxy) is 2. The Labute approximate surface area is 253 Å². The monoisotopic (exact) mass is 622 g/mol. The van der Waals surface area contributed by atoms with Crippen molar-refractivity contribution in [3.05, 3.63) is 47.5 Å². The lowest BCUT2D eigenvalue weighted by Gasteiger charge is -2.24. The van der Waals surface area contributed by atoms with E-state index in [1.54, 1.807) is 12.1 Å². The van der Waals surface area contributed by atoms with Crippen molar-refractivity contribution >= 4 is 35.5 Å². The highest BCUT2D eigenvalue weighted by atomic mass is 32.2. The smallest absolute Gasteiger partial charge is 0.307 e. The van der Waals surface area contributed by atoms with Crippen molar-refractivity contribution in [2.75, 3.05) is 36.2 Å². The zero-order chi connectivity index (χ0) is 30.2. The van der Waals surface area contributed by atoms with Gasteiger partial charge < -0.3 is 40.1 Å². The molecule has 0 bridgehead atoms. The highest BCUT2D eigenvalue weighted by Crippen LogP contribution is 2.42. The SMILES string of the molecule is O=C(O)C(CSCCCc1ccc(O)c(O)c1)C1COC2C(C(CSCCCc3ccc(O)c(O)c3)C(=O)O)COC12. The van der Waals surface area contributed by atoms with E-state index < -0.39 is 36.0 Å². The second-order valence-electron chi connectivity index (χ2n) is 10.8. The maximum Gasteiger partial charge on any atom is 0.307 e. The van der Waals surface area contributed by atoms with Crippen LogP contribution in [0.1, 0.15) is 24.0 Å². The molecule has 6 unspecified atom stereocenters. The third-order valence-electron chi connectivity index (χ3n) is 7.98. The van der Waals surface area contributed by atoms with Gasteiger partial charge in [0, 0.05) is 23.3 Å². The van der Waals surface area contributed by atoms with Crippen LogP contribution in [0.2, 0.25) is 0 Å². The van der Waals surface area contributed by atoms with Crippen LogP contribution < -0.4 is 0 Å². The number of hydrogen-bond acceptors (Lipinski definition) is 10. The molecular formula is C30H38O10S2. The van der Waals surface area contributed by atoms with Crippen LogP contribution in [0, 0.1) is 23.7 Å². The van der Waals surface area contributed by atoms with Gasteiger partial charge in [0.15, 0.2) is 23.0 Å². The average molecular weight is 623 g/mol. The molecule has 2 aliphatic rings. The van der Waals surface area contributed by atoms with Gasteiger partial charge in [0.2, 0.25) is 0 Å². The topological polar surface area (TPSA) is 174 Å². The number of phenolic OH excluding ortho intramolecular Hbond substituents is 4. The van der Waals surface area contributed by atoms with Gasteiger partial charge in [-0.3, -0.25) is 9.59 Å². The second-order valence-corrected chi connectivity index (χ2v) is 13.1. The van der Waals surface area contributed by atoms with Crippen LogP contribution >= 0.6 is 23.5 Å². The summed E-state index contributed by atoms with van der Waals surface area (Å²) in [6.07, 6.45) is 2.03. The number of phenols is 4. The molecule has 2 heterocycles. The fourth-order valence-electron chi connectivity index (χ4n) is 5.63. The second kappa shape index (κ2) is 15.1. The van der Waals surface area contributed by atoms with Crippen molar-refractivity contribution in [3.63, 3.8) is 0 Å². The molecule has 42 heavy (non-hydrogen) atoms. The number of hydrogen-bond donors (Lipinski definition) is 6. The van der Waals surface area contributed by atoms with Crippen LogP contribution in [0.25, 0.3) is 0 Å². The molecule has 4 rings (SSSR count). The van der Waals surface area contributed by atoms with E-state index in [2.05, 4.69) is 0 Å². The van der Waals surface area contributed by atoms with E-state index in [1.807, 2.05) is 0 Å². The highest BCUT2D eigenvalue weighted by molar-refractivity contribution is 7.99. The number of rotatable bonds is 16. The number of carbonyl (C=O) groups is 2. The van der Waals surface area contributed by atoms with Gasteiger partial charge in [0.05, 0.1) is 37.3 Å². The van der Waals surface area contributed by atoms with E-state index in [4.69, 9.17) is 9.47 Å². The number of aliphatic carboxylic acids is 2. The Morgan fingerprint density at radius 3 is 1.45 bits per heavy atom. The van der Waals surface area contributed by atoms with Gasteiger partial charge in [-0.2, -0.15) is 23.5 Å². The number of aromatic hydroxyl groups is 4. The lowest BCUT2D eigenvalue weighted by molar-refractivity contribution is -0.144. The number of carboxylic acids is 2. The molecule has 2 aliphatic heterocycles. The molecule has 6 atom stereocenters. The lowest BCUT2D eigenvalue weighted by Crippen LogP contribution is -2.38. The first kappa shape index (κ1) is 32.1. The molecule has 230 valence electrons. The number of aryl methyl sites for hydroxylation is 2. The molecule has 0 amide bonds. The molecule has 2 aromatic rings. The van der Waals surface area contributed by atoms with Crippen LogP contribution in [0.5, 0.6) is 23.0 Å². The molecule has 0 radical (unpaired) electrons. The molecule has 12 heteroatoms. The molecule has 10 nitrogen and oxygen atoms in total. The van der Waals surface area contributed by atoms with Crippen molar-refractivity contribution in [2.45, 2.75) is 37.9 Å². The van der Waals surface area contributed by atoms with Crippen LogP contribution in [0.4, 0.5) is 0 Å². The normalized spacial score (nSPS) is 23.0. The molecule has 6 N–H and O–H groups in total. The van der Waals surface area contributed by atoms with E-state index in [1.165, 1.54) is 47.8 Å². The van der Waals surface area contributed by atoms with E-state index in [-0.39, 0.29) is 48.0 Å². The molecule has 0 spiro atoms. The van der Waals surface area contributed by atoms with Crippen LogP contribution in [-0.4, -0.2) is 91.0 Å². The van der Waals surface area contributed by atoms with Gasteiger partial charge in [0.25, 0.3) is 0 Å². The van der Waals surface area contributed by atoms with Crippen molar-refractivity contribution < 1.29 is 49.7 Å². The molecule has 2 fully saturated rings. The number of carboxylic acid groups (broad SMARTS) is 2. The van der Waals surface area contributed by atoms with Gasteiger partial charge >= 0.3 is 11.9 Å². The largest absolute Gasteiger partial charge is 0.504 e. The van der Waals surface area contributed by atoms with E-state index in [9.17, 15) is 40.2 Å². The molecular weight excluding hydrogens is 584 g/mol. The van der Waals surface area contributed by atoms with Crippen LogP contribution in [-0.2, 0) is 31.9 Å². The summed E-state index contributed by atoms with van der Waals surface area (Å²) in [5, 5.41) is 58.1. The van der Waals surface area contributed by atoms with Gasteiger partial charge in [-0.25, -0.2) is 0 Å². The van der Waals surface area contributed by atoms with E-state index in [0.717, 1.165) is 35.5 Å². The van der Waals surface area contributed by atoms with E-state index in [0.29, 0.717) is 24.3 Å². The summed E-state index contributed by atoms with van der Waals surface area (Å²) in [7, 11) is 0. The fourth-order valence-corrected chi connectivity index (χ4v) is 7.95. The van der Waals surface area contributed by atoms with Gasteiger partial charge in [-0.15, -0.1) is 0 Å². The van der Waals surface area contributed by atoms with Crippen molar-refractivity contribution in [2.24, 2.45) is 23.7 Å². The first-order valence-corrected chi connectivity index (χ1v) is 16.3. The van der Waals surface area contributed by atoms with Crippen molar-refractivity contribution in [3.8, 4) is 23.0 Å². The Kier molecular flexibility index (Phi) is 11.5. The van der Waals surface area contributed by atoms with Gasteiger partial charge in [-0.1, -0.05) is 12.1 Å². The third-order valence-corrected chi connectivity index (χ3v) is 10.3. The summed E-state index contributed by atoms with van der Waals surface area (Å²) in [6, 6.07) is 9.44. The summed E-state index contributed by atoms with van der Waals surface area (Å²) in [5.74, 6) is -2.34. The fraction of sp³-hybridized carbons (Fsp3) is 0.533. The predicted molar refractivity (Wildman–Crippen MR) is 160 cm³/mol. The number of benzene rings is 2. The first-order valence-electron chi connectivity index (χ1n) is 14.0. The maximum atomic E-state index is 12.2. The maximum absolute atomic E-state index is 12.2. The molecule has 2 aromatic carbocycles. The van der Waals surface area contributed by atoms with Crippen molar-refractivity contribution in [1.29, 1.82) is 0 Å². The van der Waals surface area contributed by atoms with Crippen molar-refractivity contribution in [1.82, 2.24) is 0 Å². The Morgan fingerprint density at radius 2 is 1.10 bits per heavy atom. The number of fused-ring (bicyclic) bond motifs is 1. The zero-order valence-electron chi connectivity index (χ0n) is 23.1. The summed E-state index contributed by atoms with van der Waals surface area (Å²) in [5.41, 5.74) is 1.78. The average Bonchev–Trinajstić information content (AvgIpc) is 3.55. The van der Waals surface area contributed by atoms with E-state index >= 15 is 0 Å². The van der Waals surface area contributed by atoms with Gasteiger partial charge in [0.1, 0.15) is 0 Å². The lowest BCUT2D eigenvalue weighted by atomic mass is 9.83. The number of thioether (sulfide) groups is 2. The Bertz CT molecular complexity index is 1130. The minimum absolute atomic E-state index is 0.159. The van der Waals surface area contributed by atoms with Crippen LogP contribution in [0.15, 0.2) is 36.4 Å². The Morgan fingerprint density at radius 1 is 0.690 bits per heavy atom. The summed E-state index contributed by atoms with van der Waals surface area (Å²) in [4.78, 5) is 24.4. The quantitative estimate of drug-likeness (QED) is 0.118. The minimum Gasteiger partial charge on any atom is -0.504 e. The third kappa shape index (κ3) is 8.18.